The van der Waals surface area contributed by atoms with Crippen LogP contribution < -0.4 is 0 Å². The fraction of sp³-hybridized carbons (Fsp3) is 0.778. The minimum absolute atomic E-state index is 0.192. The monoisotopic (exact) mass is 398 g/mol. The molecule has 0 aromatic heterocycles. The number of rotatable bonds is 3. The van der Waals surface area contributed by atoms with Gasteiger partial charge in [0.15, 0.2) is 0 Å². The Morgan fingerprint density at radius 1 is 1.14 bits per heavy atom. The van der Waals surface area contributed by atoms with Gasteiger partial charge >= 0.3 is 6.09 Å². The van der Waals surface area contributed by atoms with Crippen molar-refractivity contribution in [1.82, 2.24) is 19.6 Å². The normalized spacial score (nSPS) is 22.4. The molecule has 0 aromatic rings. The van der Waals surface area contributed by atoms with Crippen LogP contribution in [0.2, 0.25) is 0 Å². The highest BCUT2D eigenvalue weighted by molar-refractivity contribution is 5.97. The van der Waals surface area contributed by atoms with Gasteiger partial charge in [-0.15, -0.1) is 0 Å². The Balaban J connectivity index is 1.91. The van der Waals surface area contributed by atoms with E-state index in [-0.39, 0.29) is 24.9 Å². The largest absolute Gasteiger partial charge is 0.444 e. The average Bonchev–Trinajstić information content (AvgIpc) is 2.58. The van der Waals surface area contributed by atoms with E-state index in [1.54, 1.807) is 30.6 Å². The van der Waals surface area contributed by atoms with Gasteiger partial charge in [0.2, 0.25) is 17.7 Å². The van der Waals surface area contributed by atoms with Crippen molar-refractivity contribution in [1.29, 1.82) is 0 Å². The highest BCUT2D eigenvalue weighted by atomic mass is 16.6. The van der Waals surface area contributed by atoms with Crippen LogP contribution in [-0.2, 0) is 19.1 Å². The van der Waals surface area contributed by atoms with Crippen molar-refractivity contribution in [2.24, 2.45) is 0 Å². The number of carbonyl (C=O) groups is 4. The summed E-state index contributed by atoms with van der Waals surface area (Å²) in [5, 5.41) is 9.81. The predicted octanol–water partition coefficient (Wildman–Crippen LogP) is -0.884. The molecule has 2 saturated heterocycles. The molecular formula is C18H30N4O6. The third-order valence-corrected chi connectivity index (χ3v) is 4.77. The lowest BCUT2D eigenvalue weighted by molar-refractivity contribution is -0.160. The van der Waals surface area contributed by atoms with Crippen LogP contribution in [0.1, 0.15) is 27.7 Å². The fourth-order valence-corrected chi connectivity index (χ4v) is 3.25. The molecule has 2 rings (SSSR count). The van der Waals surface area contributed by atoms with E-state index in [0.29, 0.717) is 26.2 Å². The number of hydrogen-bond donors (Lipinski definition) is 1. The zero-order valence-electron chi connectivity index (χ0n) is 17.2. The second kappa shape index (κ2) is 8.34. The minimum atomic E-state index is -1.03. The van der Waals surface area contributed by atoms with Crippen molar-refractivity contribution in [3.63, 3.8) is 0 Å². The number of carbonyl (C=O) groups excluding carboxylic acids is 4. The fourth-order valence-electron chi connectivity index (χ4n) is 3.25. The maximum absolute atomic E-state index is 12.6. The molecule has 0 unspecified atom stereocenters. The first-order valence-corrected chi connectivity index (χ1v) is 9.39. The van der Waals surface area contributed by atoms with Gasteiger partial charge in [0.1, 0.15) is 24.7 Å². The van der Waals surface area contributed by atoms with Gasteiger partial charge in [0, 0.05) is 33.2 Å². The van der Waals surface area contributed by atoms with Gasteiger partial charge < -0.3 is 29.4 Å². The molecule has 2 fully saturated rings. The van der Waals surface area contributed by atoms with Crippen molar-refractivity contribution in [3.8, 4) is 0 Å². The number of ether oxygens (including phenoxy) is 1. The lowest BCUT2D eigenvalue weighted by atomic mass is 10.1. The first-order valence-electron chi connectivity index (χ1n) is 9.39. The number of amides is 4. The van der Waals surface area contributed by atoms with Crippen molar-refractivity contribution in [2.45, 2.75) is 45.4 Å². The van der Waals surface area contributed by atoms with Gasteiger partial charge in [0.05, 0.1) is 6.10 Å². The lowest BCUT2D eigenvalue weighted by Gasteiger charge is -2.40. The van der Waals surface area contributed by atoms with Crippen molar-refractivity contribution in [3.05, 3.63) is 0 Å². The van der Waals surface area contributed by atoms with Crippen molar-refractivity contribution in [2.75, 3.05) is 46.3 Å². The van der Waals surface area contributed by atoms with E-state index in [0.717, 1.165) is 0 Å². The van der Waals surface area contributed by atoms with E-state index in [1.165, 1.54) is 23.8 Å². The third-order valence-electron chi connectivity index (χ3n) is 4.77. The zero-order chi connectivity index (χ0) is 21.2. The van der Waals surface area contributed by atoms with Gasteiger partial charge in [-0.25, -0.2) is 4.79 Å². The molecule has 0 aliphatic carbocycles. The molecular weight excluding hydrogens is 368 g/mol. The molecule has 4 amide bonds. The summed E-state index contributed by atoms with van der Waals surface area (Å²) in [5.41, 5.74) is -0.585. The molecule has 28 heavy (non-hydrogen) atoms. The maximum atomic E-state index is 12.6. The van der Waals surface area contributed by atoms with Crippen molar-refractivity contribution >= 4 is 23.8 Å². The van der Waals surface area contributed by atoms with Crippen LogP contribution in [-0.4, -0.2) is 113 Å². The summed E-state index contributed by atoms with van der Waals surface area (Å²) in [6.45, 7) is 7.73. The van der Waals surface area contributed by atoms with Crippen LogP contribution >= 0.6 is 0 Å². The van der Waals surface area contributed by atoms with Crippen LogP contribution in [0, 0.1) is 0 Å². The predicted molar refractivity (Wildman–Crippen MR) is 99.2 cm³/mol. The summed E-state index contributed by atoms with van der Waals surface area (Å²) in [7, 11) is 1.46. The van der Waals surface area contributed by atoms with Gasteiger partial charge in [0.25, 0.3) is 0 Å². The quantitative estimate of drug-likeness (QED) is 0.661. The number of aliphatic hydroxyl groups excluding tert-OH is 1. The Hall–Kier alpha value is -2.36. The SMILES string of the molecule is C[C@@H](O)[C@H]1C(=O)N(CC(=O)N2CCN(C(=O)OC(C)(C)C)CC2)CC(=O)N1C. The van der Waals surface area contributed by atoms with E-state index >= 15 is 0 Å². The van der Waals surface area contributed by atoms with E-state index in [1.807, 2.05) is 0 Å². The molecule has 0 bridgehead atoms. The molecule has 1 N–H and O–H groups in total. The molecule has 2 atom stereocenters. The molecule has 158 valence electrons. The minimum Gasteiger partial charge on any atom is -0.444 e. The maximum Gasteiger partial charge on any atom is 0.410 e. The number of piperazine rings is 2. The topological polar surface area (TPSA) is 111 Å². The Bertz CT molecular complexity index is 636. The van der Waals surface area contributed by atoms with E-state index in [2.05, 4.69) is 0 Å². The number of aliphatic hydroxyl groups is 1. The molecule has 2 aliphatic heterocycles. The summed E-state index contributed by atoms with van der Waals surface area (Å²) in [4.78, 5) is 54.8. The molecule has 10 nitrogen and oxygen atoms in total. The van der Waals surface area contributed by atoms with Crippen LogP contribution in [0.5, 0.6) is 0 Å². The molecule has 10 heteroatoms. The summed E-state index contributed by atoms with van der Waals surface area (Å²) >= 11 is 0. The van der Waals surface area contributed by atoms with Crippen LogP contribution in [0.3, 0.4) is 0 Å². The summed E-state index contributed by atoms with van der Waals surface area (Å²) in [5.74, 6) is -1.07. The van der Waals surface area contributed by atoms with Gasteiger partial charge in [-0.2, -0.15) is 0 Å². The summed E-state index contributed by atoms with van der Waals surface area (Å²) in [6.07, 6.45) is -1.45. The van der Waals surface area contributed by atoms with Gasteiger partial charge in [-0.3, -0.25) is 14.4 Å². The molecule has 0 saturated carbocycles. The Labute approximate surface area is 165 Å². The highest BCUT2D eigenvalue weighted by Crippen LogP contribution is 2.16. The van der Waals surface area contributed by atoms with Crippen LogP contribution in [0.4, 0.5) is 4.79 Å². The van der Waals surface area contributed by atoms with E-state index < -0.39 is 29.7 Å². The second-order valence-electron chi connectivity index (χ2n) is 8.23. The first kappa shape index (κ1) is 21.9. The Kier molecular flexibility index (Phi) is 6.53. The summed E-state index contributed by atoms with van der Waals surface area (Å²) < 4.78 is 5.33. The third kappa shape index (κ3) is 5.12. The lowest BCUT2D eigenvalue weighted by Crippen LogP contribution is -2.63. The zero-order valence-corrected chi connectivity index (χ0v) is 17.2. The Morgan fingerprint density at radius 2 is 1.68 bits per heavy atom. The molecule has 0 spiro atoms. The molecule has 0 aromatic carbocycles. The average molecular weight is 398 g/mol. The van der Waals surface area contributed by atoms with E-state index in [9.17, 15) is 24.3 Å². The molecule has 0 radical (unpaired) electrons. The van der Waals surface area contributed by atoms with Crippen molar-refractivity contribution < 1.29 is 29.0 Å². The van der Waals surface area contributed by atoms with Gasteiger partial charge in [-0.05, 0) is 27.7 Å². The second-order valence-corrected chi connectivity index (χ2v) is 8.23. The number of likely N-dealkylation sites (N-methyl/N-ethyl adjacent to an activating group) is 1. The summed E-state index contributed by atoms with van der Waals surface area (Å²) in [6, 6.07) is -0.988. The van der Waals surface area contributed by atoms with Crippen LogP contribution in [0.15, 0.2) is 0 Å². The Morgan fingerprint density at radius 3 is 2.18 bits per heavy atom. The van der Waals surface area contributed by atoms with Crippen LogP contribution in [0.25, 0.3) is 0 Å². The highest BCUT2D eigenvalue weighted by Gasteiger charge is 2.41. The first-order chi connectivity index (χ1) is 12.9. The molecule has 2 heterocycles. The standard InChI is InChI=1S/C18H30N4O6/c1-12(23)15-16(26)22(10-13(24)19(15)5)11-14(25)20-6-8-21(9-7-20)17(27)28-18(2,3)4/h12,15,23H,6-11H2,1-5H3/t12-,15+/m1/s1. The number of hydrogen-bond acceptors (Lipinski definition) is 6. The van der Waals surface area contributed by atoms with Gasteiger partial charge in [-0.1, -0.05) is 0 Å². The smallest absolute Gasteiger partial charge is 0.410 e. The number of nitrogens with zero attached hydrogens (tertiary/aromatic N) is 4. The van der Waals surface area contributed by atoms with E-state index in [4.69, 9.17) is 4.74 Å². The molecule has 2 aliphatic rings.